The van der Waals surface area contributed by atoms with Crippen LogP contribution in [0, 0.1) is 5.41 Å². The number of carbonyl (C=O) groups is 1. The van der Waals surface area contributed by atoms with Gasteiger partial charge in [0, 0.05) is 6.54 Å². The van der Waals surface area contributed by atoms with E-state index in [4.69, 9.17) is 22.0 Å². The first-order valence-corrected chi connectivity index (χ1v) is 6.10. The Kier molecular flexibility index (Phi) is 9.14. The van der Waals surface area contributed by atoms with Crippen LogP contribution in [0.2, 0.25) is 0 Å². The summed E-state index contributed by atoms with van der Waals surface area (Å²) < 4.78 is 0. The molecule has 0 aromatic carbocycles. The second kappa shape index (κ2) is 9.89. The standard InChI is InChI=1S/C11H24N4O2/c12-9(10(16)17)7-5-3-1-2-4-6-8-15-11(13)14/h9H,1-8,12H2,(H,16,17)(H4,13,14,15). The van der Waals surface area contributed by atoms with Crippen molar-refractivity contribution in [1.82, 2.24) is 5.32 Å². The van der Waals surface area contributed by atoms with Gasteiger partial charge in [0.05, 0.1) is 0 Å². The Balaban J connectivity index is 3.14. The lowest BCUT2D eigenvalue weighted by Gasteiger charge is -2.06. The molecule has 17 heavy (non-hydrogen) atoms. The Labute approximate surface area is 102 Å². The van der Waals surface area contributed by atoms with Crippen LogP contribution in [-0.4, -0.2) is 29.6 Å². The highest BCUT2D eigenvalue weighted by Gasteiger charge is 2.09. The molecule has 100 valence electrons. The number of guanidine groups is 1. The summed E-state index contributed by atoms with van der Waals surface area (Å²) in [6.07, 6.45) is 6.80. The Morgan fingerprint density at radius 1 is 1.18 bits per heavy atom. The SMILES string of the molecule is N=C(N)NCCCCCCCCC(N)C(=O)O. The number of nitrogens with one attached hydrogen (secondary N) is 2. The second-order valence-electron chi connectivity index (χ2n) is 4.20. The Hall–Kier alpha value is -1.30. The monoisotopic (exact) mass is 244 g/mol. The van der Waals surface area contributed by atoms with Gasteiger partial charge >= 0.3 is 5.97 Å². The molecule has 0 fully saturated rings. The van der Waals surface area contributed by atoms with Crippen LogP contribution in [0.15, 0.2) is 0 Å². The third kappa shape index (κ3) is 11.0. The van der Waals surface area contributed by atoms with Crippen LogP contribution in [0.1, 0.15) is 44.9 Å². The zero-order valence-electron chi connectivity index (χ0n) is 10.2. The third-order valence-corrected chi connectivity index (χ3v) is 2.57. The second-order valence-corrected chi connectivity index (χ2v) is 4.20. The summed E-state index contributed by atoms with van der Waals surface area (Å²) in [4.78, 5) is 10.4. The minimum absolute atomic E-state index is 0.0210. The van der Waals surface area contributed by atoms with Crippen LogP contribution in [-0.2, 0) is 4.79 Å². The fourth-order valence-corrected chi connectivity index (χ4v) is 1.54. The molecule has 6 heteroatoms. The molecule has 0 spiro atoms. The van der Waals surface area contributed by atoms with Crippen molar-refractivity contribution in [1.29, 1.82) is 5.41 Å². The quantitative estimate of drug-likeness (QED) is 0.219. The van der Waals surface area contributed by atoms with Gasteiger partial charge in [0.25, 0.3) is 0 Å². The molecule has 1 unspecified atom stereocenters. The third-order valence-electron chi connectivity index (χ3n) is 2.57. The first kappa shape index (κ1) is 15.7. The van der Waals surface area contributed by atoms with Crippen molar-refractivity contribution >= 4 is 11.9 Å². The lowest BCUT2D eigenvalue weighted by molar-refractivity contribution is -0.138. The molecule has 0 rings (SSSR count). The molecule has 0 bridgehead atoms. The molecule has 0 aromatic rings. The summed E-state index contributed by atoms with van der Waals surface area (Å²) in [6, 6.07) is -0.713. The molecule has 6 nitrogen and oxygen atoms in total. The van der Waals surface area contributed by atoms with Crippen molar-refractivity contribution in [2.24, 2.45) is 11.5 Å². The maximum absolute atomic E-state index is 10.4. The van der Waals surface area contributed by atoms with Gasteiger partial charge in [0.1, 0.15) is 6.04 Å². The van der Waals surface area contributed by atoms with Crippen LogP contribution in [0.25, 0.3) is 0 Å². The molecule has 0 aliphatic carbocycles. The van der Waals surface area contributed by atoms with Crippen molar-refractivity contribution < 1.29 is 9.90 Å². The molecule has 0 aliphatic rings. The van der Waals surface area contributed by atoms with Crippen molar-refractivity contribution in [2.75, 3.05) is 6.54 Å². The average Bonchev–Trinajstić information content (AvgIpc) is 2.25. The number of unbranched alkanes of at least 4 members (excludes halogenated alkanes) is 5. The lowest BCUT2D eigenvalue weighted by Crippen LogP contribution is -2.30. The minimum Gasteiger partial charge on any atom is -0.480 e. The Bertz CT molecular complexity index is 234. The van der Waals surface area contributed by atoms with Gasteiger partial charge in [-0.05, 0) is 12.8 Å². The molecule has 0 saturated carbocycles. The van der Waals surface area contributed by atoms with Crippen molar-refractivity contribution in [3.05, 3.63) is 0 Å². The number of carboxylic acid groups (broad SMARTS) is 1. The zero-order valence-corrected chi connectivity index (χ0v) is 10.2. The van der Waals surface area contributed by atoms with Crippen LogP contribution in [0.5, 0.6) is 0 Å². The van der Waals surface area contributed by atoms with Gasteiger partial charge in [0.15, 0.2) is 5.96 Å². The summed E-state index contributed by atoms with van der Waals surface area (Å²) >= 11 is 0. The van der Waals surface area contributed by atoms with E-state index in [-0.39, 0.29) is 5.96 Å². The number of rotatable bonds is 10. The molecule has 0 amide bonds. The van der Waals surface area contributed by atoms with E-state index in [2.05, 4.69) is 5.32 Å². The van der Waals surface area contributed by atoms with E-state index in [0.29, 0.717) is 6.42 Å². The molecule has 0 heterocycles. The molecule has 0 radical (unpaired) electrons. The van der Waals surface area contributed by atoms with Crippen molar-refractivity contribution in [2.45, 2.75) is 51.0 Å². The Morgan fingerprint density at radius 2 is 1.71 bits per heavy atom. The highest BCUT2D eigenvalue weighted by Crippen LogP contribution is 2.07. The maximum atomic E-state index is 10.4. The molecule has 0 aromatic heterocycles. The van der Waals surface area contributed by atoms with Gasteiger partial charge in [0.2, 0.25) is 0 Å². The van der Waals surface area contributed by atoms with Gasteiger partial charge in [-0.1, -0.05) is 32.1 Å². The van der Waals surface area contributed by atoms with Gasteiger partial charge in [-0.2, -0.15) is 0 Å². The number of carboxylic acids is 1. The van der Waals surface area contributed by atoms with E-state index < -0.39 is 12.0 Å². The summed E-state index contributed by atoms with van der Waals surface area (Å²) in [6.45, 7) is 0.749. The minimum atomic E-state index is -0.916. The predicted molar refractivity (Wildman–Crippen MR) is 67.8 cm³/mol. The molecule has 0 saturated heterocycles. The van der Waals surface area contributed by atoms with Gasteiger partial charge < -0.3 is 21.9 Å². The maximum Gasteiger partial charge on any atom is 0.320 e. The lowest BCUT2D eigenvalue weighted by atomic mass is 10.1. The highest BCUT2D eigenvalue weighted by atomic mass is 16.4. The van der Waals surface area contributed by atoms with E-state index in [1.54, 1.807) is 0 Å². The number of aliphatic carboxylic acids is 1. The zero-order chi connectivity index (χ0) is 13.1. The van der Waals surface area contributed by atoms with Gasteiger partial charge in [-0.15, -0.1) is 0 Å². The van der Waals surface area contributed by atoms with Crippen molar-refractivity contribution in [3.63, 3.8) is 0 Å². The number of nitrogens with two attached hydrogens (primary N) is 2. The van der Waals surface area contributed by atoms with Gasteiger partial charge in [-0.3, -0.25) is 10.2 Å². The molecule has 0 aliphatic heterocycles. The summed E-state index contributed by atoms with van der Waals surface area (Å²) in [7, 11) is 0. The smallest absolute Gasteiger partial charge is 0.320 e. The number of hydrogen-bond acceptors (Lipinski definition) is 3. The molecular weight excluding hydrogens is 220 g/mol. The molecule has 1 atom stereocenters. The normalized spacial score (nSPS) is 12.1. The topological polar surface area (TPSA) is 125 Å². The summed E-state index contributed by atoms with van der Waals surface area (Å²) in [5.74, 6) is -0.895. The predicted octanol–water partition coefficient (Wildman–Crippen LogP) is 0.612. The van der Waals surface area contributed by atoms with Crippen molar-refractivity contribution in [3.8, 4) is 0 Å². The number of hydrogen-bond donors (Lipinski definition) is 5. The first-order chi connectivity index (χ1) is 8.04. The van der Waals surface area contributed by atoms with E-state index in [0.717, 1.165) is 45.1 Å². The summed E-state index contributed by atoms with van der Waals surface area (Å²) in [5.41, 5.74) is 10.5. The first-order valence-electron chi connectivity index (χ1n) is 6.10. The largest absolute Gasteiger partial charge is 0.480 e. The summed E-state index contributed by atoms with van der Waals surface area (Å²) in [5, 5.41) is 18.3. The van der Waals surface area contributed by atoms with E-state index in [1.807, 2.05) is 0 Å². The van der Waals surface area contributed by atoms with Crippen LogP contribution < -0.4 is 16.8 Å². The molecule has 7 N–H and O–H groups in total. The average molecular weight is 244 g/mol. The Morgan fingerprint density at radius 3 is 2.24 bits per heavy atom. The van der Waals surface area contributed by atoms with E-state index >= 15 is 0 Å². The van der Waals surface area contributed by atoms with Crippen LogP contribution >= 0.6 is 0 Å². The van der Waals surface area contributed by atoms with Crippen LogP contribution in [0.3, 0.4) is 0 Å². The fraction of sp³-hybridized carbons (Fsp3) is 0.818. The molecular formula is C11H24N4O2. The van der Waals surface area contributed by atoms with E-state index in [9.17, 15) is 4.79 Å². The fourth-order valence-electron chi connectivity index (χ4n) is 1.54. The van der Waals surface area contributed by atoms with E-state index in [1.165, 1.54) is 0 Å². The van der Waals surface area contributed by atoms with Crippen LogP contribution in [0.4, 0.5) is 0 Å². The van der Waals surface area contributed by atoms with Gasteiger partial charge in [-0.25, -0.2) is 0 Å². The highest BCUT2D eigenvalue weighted by molar-refractivity contribution is 5.74.